The van der Waals surface area contributed by atoms with Crippen LogP contribution in [0.2, 0.25) is 10.0 Å². The number of nitrogens with zero attached hydrogens (tertiary/aromatic N) is 3. The van der Waals surface area contributed by atoms with Crippen molar-refractivity contribution in [3.8, 4) is 5.75 Å². The minimum absolute atomic E-state index is 0.00265. The lowest BCUT2D eigenvalue weighted by Gasteiger charge is -2.23. The lowest BCUT2D eigenvalue weighted by molar-refractivity contribution is -0.0368. The molecule has 0 radical (unpaired) electrons. The second kappa shape index (κ2) is 8.34. The zero-order valence-corrected chi connectivity index (χ0v) is 19.3. The monoisotopic (exact) mass is 531 g/mol. The number of aryl methyl sites for hydroxylation is 1. The van der Waals surface area contributed by atoms with Crippen LogP contribution in [-0.2, 0) is 4.74 Å². The van der Waals surface area contributed by atoms with Gasteiger partial charge >= 0.3 is 0 Å². The highest BCUT2D eigenvalue weighted by Crippen LogP contribution is 2.36. The number of fused-ring (bicyclic) bond motifs is 1. The minimum atomic E-state index is -0.312. The van der Waals surface area contributed by atoms with Crippen LogP contribution < -0.4 is 4.74 Å². The Morgan fingerprint density at radius 1 is 1.32 bits per heavy atom. The van der Waals surface area contributed by atoms with Gasteiger partial charge in [-0.05, 0) is 73.9 Å². The molecule has 0 aliphatic carbocycles. The summed E-state index contributed by atoms with van der Waals surface area (Å²) in [6.07, 6.45) is 4.56. The molecule has 0 saturated carbocycles. The molecule has 0 bridgehead atoms. The molecule has 1 fully saturated rings. The quantitative estimate of drug-likeness (QED) is 0.361. The third-order valence-corrected chi connectivity index (χ3v) is 6.54. The third-order valence-electron chi connectivity index (χ3n) is 4.96. The molecular formula is C20H20Cl2IN3O2. The van der Waals surface area contributed by atoms with E-state index >= 15 is 0 Å². The van der Waals surface area contributed by atoms with Crippen LogP contribution in [-0.4, -0.2) is 21.4 Å². The van der Waals surface area contributed by atoms with Crippen LogP contribution >= 0.6 is 45.8 Å². The van der Waals surface area contributed by atoms with Gasteiger partial charge in [0, 0.05) is 23.8 Å². The van der Waals surface area contributed by atoms with Gasteiger partial charge in [-0.1, -0.05) is 23.2 Å². The molecule has 1 aliphatic rings. The average Bonchev–Trinajstić information content (AvgIpc) is 3.02. The molecule has 0 spiro atoms. The zero-order chi connectivity index (χ0) is 19.8. The van der Waals surface area contributed by atoms with Crippen molar-refractivity contribution in [1.29, 1.82) is 0 Å². The summed E-state index contributed by atoms with van der Waals surface area (Å²) < 4.78 is 15.0. The van der Waals surface area contributed by atoms with Gasteiger partial charge < -0.3 is 9.47 Å². The highest BCUT2D eigenvalue weighted by atomic mass is 127. The molecule has 148 valence electrons. The van der Waals surface area contributed by atoms with Crippen LogP contribution in [0.1, 0.15) is 49.8 Å². The Balaban J connectivity index is 1.64. The third kappa shape index (κ3) is 3.84. The number of pyridine rings is 1. The molecule has 3 aromatic rings. The molecule has 0 amide bonds. The fourth-order valence-corrected chi connectivity index (χ4v) is 4.82. The van der Waals surface area contributed by atoms with E-state index in [2.05, 4.69) is 27.6 Å². The molecule has 5 nitrogen and oxygen atoms in total. The molecule has 1 aliphatic heterocycles. The van der Waals surface area contributed by atoms with E-state index in [4.69, 9.17) is 37.8 Å². The van der Waals surface area contributed by atoms with Crippen LogP contribution in [0.15, 0.2) is 24.4 Å². The van der Waals surface area contributed by atoms with Crippen molar-refractivity contribution in [3.63, 3.8) is 0 Å². The number of hydrogen-bond acceptors (Lipinski definition) is 4. The molecule has 1 saturated heterocycles. The molecule has 2 aromatic heterocycles. The van der Waals surface area contributed by atoms with Gasteiger partial charge in [0.05, 0.1) is 21.3 Å². The molecule has 28 heavy (non-hydrogen) atoms. The summed E-state index contributed by atoms with van der Waals surface area (Å²) in [5.41, 5.74) is 2.53. The fraction of sp³-hybridized carbons (Fsp3) is 0.400. The van der Waals surface area contributed by atoms with E-state index < -0.39 is 0 Å². The van der Waals surface area contributed by atoms with Gasteiger partial charge in [0.25, 0.3) is 0 Å². The van der Waals surface area contributed by atoms with E-state index in [-0.39, 0.29) is 12.3 Å². The van der Waals surface area contributed by atoms with Crippen molar-refractivity contribution in [1.82, 2.24) is 14.8 Å². The SMILES string of the molecule is Cc1ncc(Cl)c([C@@H](C)Oc2ccc3c(c2)c(I)nn3C2CCCCO2)c1Cl. The second-order valence-corrected chi connectivity index (χ2v) is 8.72. The largest absolute Gasteiger partial charge is 0.486 e. The summed E-state index contributed by atoms with van der Waals surface area (Å²) in [5.74, 6) is 0.739. The summed E-state index contributed by atoms with van der Waals surface area (Å²) in [6, 6.07) is 5.99. The van der Waals surface area contributed by atoms with Crippen molar-refractivity contribution in [2.24, 2.45) is 0 Å². The minimum Gasteiger partial charge on any atom is -0.486 e. The maximum Gasteiger partial charge on any atom is 0.150 e. The first-order chi connectivity index (χ1) is 13.5. The van der Waals surface area contributed by atoms with Crippen molar-refractivity contribution >= 4 is 56.7 Å². The number of benzene rings is 1. The average molecular weight is 532 g/mol. The van der Waals surface area contributed by atoms with Crippen molar-refractivity contribution in [2.75, 3.05) is 6.61 Å². The number of hydrogen-bond donors (Lipinski definition) is 0. The van der Waals surface area contributed by atoms with Crippen LogP contribution in [0.25, 0.3) is 10.9 Å². The lowest BCUT2D eigenvalue weighted by atomic mass is 10.1. The van der Waals surface area contributed by atoms with Crippen molar-refractivity contribution in [2.45, 2.75) is 45.4 Å². The van der Waals surface area contributed by atoms with Crippen molar-refractivity contribution < 1.29 is 9.47 Å². The fourth-order valence-electron chi connectivity index (χ4n) is 3.51. The molecule has 8 heteroatoms. The standard InChI is InChI=1S/C20H20Cl2IN3O2/c1-11-19(22)18(15(21)10-24-11)12(2)28-13-6-7-16-14(9-13)20(23)25-26(16)17-5-3-4-8-27-17/h6-7,9-10,12,17H,3-5,8H2,1-2H3/t12-,17?/m1/s1. The number of halogens is 3. The molecule has 0 N–H and O–H groups in total. The van der Waals surface area contributed by atoms with E-state index in [9.17, 15) is 0 Å². The number of ether oxygens (including phenoxy) is 2. The molecule has 1 aromatic carbocycles. The van der Waals surface area contributed by atoms with Gasteiger partial charge in [-0.3, -0.25) is 4.98 Å². The normalized spacial score (nSPS) is 18.4. The molecule has 4 rings (SSSR count). The van der Waals surface area contributed by atoms with Gasteiger partial charge in [0.2, 0.25) is 0 Å². The number of rotatable bonds is 4. The van der Waals surface area contributed by atoms with Crippen LogP contribution in [0.4, 0.5) is 0 Å². The summed E-state index contributed by atoms with van der Waals surface area (Å²) in [4.78, 5) is 4.18. The summed E-state index contributed by atoms with van der Waals surface area (Å²) >= 11 is 15.0. The topological polar surface area (TPSA) is 49.2 Å². The van der Waals surface area contributed by atoms with E-state index in [1.165, 1.54) is 0 Å². The zero-order valence-electron chi connectivity index (χ0n) is 15.6. The first-order valence-electron chi connectivity index (χ1n) is 9.22. The van der Waals surface area contributed by atoms with Crippen LogP contribution in [0.5, 0.6) is 5.75 Å². The smallest absolute Gasteiger partial charge is 0.150 e. The Labute approximate surface area is 187 Å². The first-order valence-corrected chi connectivity index (χ1v) is 11.1. The maximum absolute atomic E-state index is 6.41. The molecular weight excluding hydrogens is 512 g/mol. The Kier molecular flexibility index (Phi) is 6.01. The van der Waals surface area contributed by atoms with Gasteiger partial charge in [-0.2, -0.15) is 5.10 Å². The highest BCUT2D eigenvalue weighted by molar-refractivity contribution is 14.1. The molecule has 2 atom stereocenters. The van der Waals surface area contributed by atoms with Crippen LogP contribution in [0.3, 0.4) is 0 Å². The lowest BCUT2D eigenvalue weighted by Crippen LogP contribution is -2.19. The van der Waals surface area contributed by atoms with Crippen LogP contribution in [0, 0.1) is 10.6 Å². The Morgan fingerprint density at radius 3 is 2.89 bits per heavy atom. The van der Waals surface area contributed by atoms with Gasteiger partial charge in [0.1, 0.15) is 15.6 Å². The molecule has 3 heterocycles. The predicted molar refractivity (Wildman–Crippen MR) is 119 cm³/mol. The number of aromatic nitrogens is 3. The molecule has 1 unspecified atom stereocenters. The predicted octanol–water partition coefficient (Wildman–Crippen LogP) is 6.49. The Bertz CT molecular complexity index is 1020. The first kappa shape index (κ1) is 20.2. The van der Waals surface area contributed by atoms with E-state index in [1.54, 1.807) is 6.20 Å². The second-order valence-electron chi connectivity index (χ2n) is 6.91. The Hall–Kier alpha value is -1.09. The van der Waals surface area contributed by atoms with Gasteiger partial charge in [0.15, 0.2) is 6.23 Å². The van der Waals surface area contributed by atoms with Gasteiger partial charge in [-0.15, -0.1) is 0 Å². The van der Waals surface area contributed by atoms with Gasteiger partial charge in [-0.25, -0.2) is 4.68 Å². The van der Waals surface area contributed by atoms with E-state index in [0.29, 0.717) is 10.0 Å². The summed E-state index contributed by atoms with van der Waals surface area (Å²) in [7, 11) is 0. The Morgan fingerprint density at radius 2 is 2.14 bits per heavy atom. The summed E-state index contributed by atoms with van der Waals surface area (Å²) in [5, 5.41) is 6.79. The summed E-state index contributed by atoms with van der Waals surface area (Å²) in [6.45, 7) is 4.57. The van der Waals surface area contributed by atoms with E-state index in [1.807, 2.05) is 36.7 Å². The van der Waals surface area contributed by atoms with Crippen molar-refractivity contribution in [3.05, 3.63) is 49.4 Å². The maximum atomic E-state index is 6.41. The highest BCUT2D eigenvalue weighted by Gasteiger charge is 2.22. The van der Waals surface area contributed by atoms with E-state index in [0.717, 1.165) is 57.5 Å².